The van der Waals surface area contributed by atoms with Gasteiger partial charge in [0.25, 0.3) is 0 Å². The Hall–Kier alpha value is -0.330. The molecule has 0 N–H and O–H groups in total. The van der Waals surface area contributed by atoms with Gasteiger partial charge in [-0.15, -0.1) is 0 Å². The molecule has 1 radical (unpaired) electrons. The second-order valence-electron chi connectivity index (χ2n) is 4.67. The number of carbonyl (C=O) groups is 1. The molecule has 0 aromatic carbocycles. The van der Waals surface area contributed by atoms with Crippen molar-refractivity contribution in [1.82, 2.24) is 0 Å². The Kier molecular flexibility index (Phi) is 1.13. The van der Waals surface area contributed by atoms with Crippen LogP contribution in [-0.2, 0) is 4.79 Å². The average Bonchev–Trinajstić information content (AvgIpc) is 2.20. The first-order valence-corrected chi connectivity index (χ1v) is 4.37. The summed E-state index contributed by atoms with van der Waals surface area (Å²) in [5, 5.41) is 0. The Morgan fingerprint density at radius 3 is 2.36 bits per heavy atom. The van der Waals surface area contributed by atoms with Gasteiger partial charge < -0.3 is 0 Å². The average molecular weight is 151 g/mol. The van der Waals surface area contributed by atoms with Crippen LogP contribution in [0.5, 0.6) is 0 Å². The van der Waals surface area contributed by atoms with Crippen LogP contribution < -0.4 is 0 Å². The van der Waals surface area contributed by atoms with E-state index in [9.17, 15) is 4.79 Å². The highest BCUT2D eigenvalue weighted by Gasteiger charge is 2.61. The summed E-state index contributed by atoms with van der Waals surface area (Å²) in [6.45, 7) is 8.51. The lowest BCUT2D eigenvalue weighted by Gasteiger charge is -2.32. The highest BCUT2D eigenvalue weighted by atomic mass is 16.1. The Morgan fingerprint density at radius 2 is 2.18 bits per heavy atom. The fraction of sp³-hybridized carbons (Fsp3) is 0.800. The molecular weight excluding hydrogens is 136 g/mol. The Labute approximate surface area is 68.2 Å². The highest BCUT2D eigenvalue weighted by molar-refractivity contribution is 5.90. The first-order valence-electron chi connectivity index (χ1n) is 4.37. The van der Waals surface area contributed by atoms with Gasteiger partial charge in [-0.1, -0.05) is 13.8 Å². The van der Waals surface area contributed by atoms with E-state index < -0.39 is 0 Å². The fourth-order valence-electron chi connectivity index (χ4n) is 2.77. The summed E-state index contributed by atoms with van der Waals surface area (Å²) >= 11 is 0. The zero-order valence-corrected chi connectivity index (χ0v) is 7.31. The monoisotopic (exact) mass is 151 g/mol. The van der Waals surface area contributed by atoms with E-state index in [-0.39, 0.29) is 10.8 Å². The van der Waals surface area contributed by atoms with Crippen LogP contribution in [-0.4, -0.2) is 5.78 Å². The standard InChI is InChI=1S/C10H15O/c1-9(2)7-4-5-10(9,3)8(11)6-7/h7H,3-6H2,1-2H3/t7-,10+/m0/s1. The van der Waals surface area contributed by atoms with Gasteiger partial charge in [0, 0.05) is 11.8 Å². The predicted octanol–water partition coefficient (Wildman–Crippen LogP) is 2.22. The summed E-state index contributed by atoms with van der Waals surface area (Å²) in [6, 6.07) is 0. The maximum Gasteiger partial charge on any atom is 0.139 e. The van der Waals surface area contributed by atoms with Crippen LogP contribution in [0.4, 0.5) is 0 Å². The molecule has 2 aliphatic carbocycles. The quantitative estimate of drug-likeness (QED) is 0.519. The van der Waals surface area contributed by atoms with E-state index in [0.29, 0.717) is 11.7 Å². The zero-order valence-electron chi connectivity index (χ0n) is 7.31. The number of hydrogen-bond acceptors (Lipinski definition) is 1. The van der Waals surface area contributed by atoms with Crippen LogP contribution in [0.15, 0.2) is 0 Å². The van der Waals surface area contributed by atoms with Crippen molar-refractivity contribution >= 4 is 5.78 Å². The Morgan fingerprint density at radius 1 is 1.55 bits per heavy atom. The van der Waals surface area contributed by atoms with Gasteiger partial charge in [-0.2, -0.15) is 0 Å². The summed E-state index contributed by atoms with van der Waals surface area (Å²) in [6.07, 6.45) is 3.02. The molecule has 2 aliphatic rings. The van der Waals surface area contributed by atoms with Gasteiger partial charge in [0.15, 0.2) is 0 Å². The molecule has 1 nitrogen and oxygen atoms in total. The molecule has 0 aromatic heterocycles. The van der Waals surface area contributed by atoms with Gasteiger partial charge in [-0.25, -0.2) is 0 Å². The van der Waals surface area contributed by atoms with E-state index in [2.05, 4.69) is 20.8 Å². The lowest BCUT2D eigenvalue weighted by Crippen LogP contribution is -2.32. The van der Waals surface area contributed by atoms with E-state index in [1.165, 1.54) is 6.42 Å². The van der Waals surface area contributed by atoms with Crippen molar-refractivity contribution in [1.29, 1.82) is 0 Å². The van der Waals surface area contributed by atoms with Crippen molar-refractivity contribution in [2.75, 3.05) is 0 Å². The molecule has 2 rings (SSSR count). The van der Waals surface area contributed by atoms with Gasteiger partial charge in [0.2, 0.25) is 0 Å². The van der Waals surface area contributed by atoms with Gasteiger partial charge in [0.05, 0.1) is 0 Å². The van der Waals surface area contributed by atoms with E-state index in [4.69, 9.17) is 0 Å². The van der Waals surface area contributed by atoms with E-state index >= 15 is 0 Å². The minimum Gasteiger partial charge on any atom is -0.299 e. The Balaban J connectivity index is 2.47. The lowest BCUT2D eigenvalue weighted by molar-refractivity contribution is -0.126. The SMILES string of the molecule is [CH2][C@@]12CC[C@@H](CC1=O)C2(C)C. The van der Waals surface area contributed by atoms with Crippen molar-refractivity contribution in [3.63, 3.8) is 0 Å². The van der Waals surface area contributed by atoms with Crippen LogP contribution in [0.25, 0.3) is 0 Å². The summed E-state index contributed by atoms with van der Waals surface area (Å²) in [5.41, 5.74) is -0.0538. The summed E-state index contributed by atoms with van der Waals surface area (Å²) in [4.78, 5) is 11.5. The van der Waals surface area contributed by atoms with Crippen LogP contribution in [0.3, 0.4) is 0 Å². The summed E-state index contributed by atoms with van der Waals surface area (Å²) < 4.78 is 0. The smallest absolute Gasteiger partial charge is 0.139 e. The maximum absolute atomic E-state index is 11.5. The topological polar surface area (TPSA) is 17.1 Å². The van der Waals surface area contributed by atoms with Crippen LogP contribution in [0, 0.1) is 23.7 Å². The first kappa shape index (κ1) is 7.33. The normalized spacial score (nSPS) is 46.8. The molecule has 2 atom stereocenters. The highest BCUT2D eigenvalue weighted by Crippen LogP contribution is 2.63. The third-order valence-corrected chi connectivity index (χ3v) is 4.14. The number of Topliss-reactive ketones (excluding diaryl/α,β-unsaturated/α-hetero) is 1. The number of fused-ring (bicyclic) bond motifs is 2. The second kappa shape index (κ2) is 1.70. The molecule has 0 unspecified atom stereocenters. The third-order valence-electron chi connectivity index (χ3n) is 4.14. The summed E-state index contributed by atoms with van der Waals surface area (Å²) in [7, 11) is 0. The second-order valence-corrected chi connectivity index (χ2v) is 4.67. The number of rotatable bonds is 0. The van der Waals surface area contributed by atoms with Gasteiger partial charge in [-0.05, 0) is 31.1 Å². The molecular formula is C10H15O. The number of hydrogen-bond donors (Lipinski definition) is 0. The predicted molar refractivity (Wildman–Crippen MR) is 43.9 cm³/mol. The van der Waals surface area contributed by atoms with Gasteiger partial charge >= 0.3 is 0 Å². The first-order chi connectivity index (χ1) is 4.98. The van der Waals surface area contributed by atoms with Crippen molar-refractivity contribution in [3.05, 3.63) is 6.92 Å². The molecule has 0 amide bonds. The van der Waals surface area contributed by atoms with Crippen molar-refractivity contribution < 1.29 is 4.79 Å². The van der Waals surface area contributed by atoms with E-state index in [1.807, 2.05) is 0 Å². The van der Waals surface area contributed by atoms with E-state index in [1.54, 1.807) is 0 Å². The largest absolute Gasteiger partial charge is 0.299 e. The number of ketones is 1. The minimum absolute atomic E-state index is 0.171. The minimum atomic E-state index is -0.225. The van der Waals surface area contributed by atoms with Crippen molar-refractivity contribution in [2.45, 2.75) is 33.1 Å². The van der Waals surface area contributed by atoms with Gasteiger partial charge in [-0.3, -0.25) is 4.79 Å². The van der Waals surface area contributed by atoms with Crippen LogP contribution >= 0.6 is 0 Å². The Bertz CT molecular complexity index is 217. The maximum atomic E-state index is 11.5. The molecule has 0 aromatic rings. The fourth-order valence-corrected chi connectivity index (χ4v) is 2.77. The summed E-state index contributed by atoms with van der Waals surface area (Å²) in [5.74, 6) is 1.02. The van der Waals surface area contributed by atoms with Gasteiger partial charge in [0.1, 0.15) is 5.78 Å². The molecule has 61 valence electrons. The molecule has 2 bridgehead atoms. The van der Waals surface area contributed by atoms with Crippen molar-refractivity contribution in [3.8, 4) is 0 Å². The molecule has 1 heteroatoms. The van der Waals surface area contributed by atoms with Crippen LogP contribution in [0.1, 0.15) is 33.1 Å². The zero-order chi connectivity index (χ0) is 8.28. The molecule has 0 saturated heterocycles. The molecule has 11 heavy (non-hydrogen) atoms. The molecule has 0 aliphatic heterocycles. The van der Waals surface area contributed by atoms with E-state index in [0.717, 1.165) is 12.8 Å². The third kappa shape index (κ3) is 0.605. The molecule has 0 heterocycles. The molecule has 0 spiro atoms. The molecule has 2 fully saturated rings. The molecule has 2 saturated carbocycles. The van der Waals surface area contributed by atoms with Crippen LogP contribution in [0.2, 0.25) is 0 Å². The number of carbonyl (C=O) groups excluding carboxylic acids is 1. The lowest BCUT2D eigenvalue weighted by atomic mass is 9.70. The van der Waals surface area contributed by atoms with Crippen molar-refractivity contribution in [2.24, 2.45) is 16.7 Å².